The number of nitrogens with one attached hydrogen (secondary N) is 1. The number of phenols is 1. The first-order valence-corrected chi connectivity index (χ1v) is 6.09. The van der Waals surface area contributed by atoms with Gasteiger partial charge in [0.1, 0.15) is 11.4 Å². The van der Waals surface area contributed by atoms with Crippen LogP contribution < -0.4 is 5.32 Å². The van der Waals surface area contributed by atoms with Gasteiger partial charge < -0.3 is 9.84 Å². The number of rotatable bonds is 3. The molecule has 5 nitrogen and oxygen atoms in total. The van der Waals surface area contributed by atoms with Crippen LogP contribution in [-0.4, -0.2) is 22.6 Å². The smallest absolute Gasteiger partial charge is 0.412 e. The summed E-state index contributed by atoms with van der Waals surface area (Å²) in [6.45, 7) is 6.96. The summed E-state index contributed by atoms with van der Waals surface area (Å²) in [6, 6.07) is 4.32. The molecule has 1 amide bonds. The van der Waals surface area contributed by atoms with Crippen molar-refractivity contribution >= 4 is 17.6 Å². The molecule has 5 heteroatoms. The first-order valence-electron chi connectivity index (χ1n) is 6.09. The van der Waals surface area contributed by atoms with Crippen molar-refractivity contribution < 1.29 is 19.4 Å². The maximum atomic E-state index is 11.6. The van der Waals surface area contributed by atoms with Crippen LogP contribution in [0.4, 0.5) is 10.5 Å². The number of carbonyl (C=O) groups is 2. The number of hydrogen-bond donors (Lipinski definition) is 2. The molecule has 0 aliphatic carbocycles. The fourth-order valence-corrected chi connectivity index (χ4v) is 1.43. The SMILES string of the molecule is CCC(=O)c1ccc(O)c(NC(=O)OC(C)(C)C)c1. The number of benzene rings is 1. The second kappa shape index (κ2) is 5.73. The van der Waals surface area contributed by atoms with Gasteiger partial charge in [-0.25, -0.2) is 4.79 Å². The number of amides is 1. The van der Waals surface area contributed by atoms with Crippen LogP contribution >= 0.6 is 0 Å². The van der Waals surface area contributed by atoms with E-state index in [4.69, 9.17) is 4.74 Å². The van der Waals surface area contributed by atoms with E-state index in [1.54, 1.807) is 27.7 Å². The molecular formula is C14H19NO4. The number of Topliss-reactive ketones (excluding diaryl/α,β-unsaturated/α-hetero) is 1. The number of ketones is 1. The molecule has 1 aromatic rings. The van der Waals surface area contributed by atoms with Gasteiger partial charge in [0, 0.05) is 12.0 Å². The van der Waals surface area contributed by atoms with Crippen LogP contribution in [-0.2, 0) is 4.74 Å². The molecule has 19 heavy (non-hydrogen) atoms. The Bertz CT molecular complexity index is 489. The van der Waals surface area contributed by atoms with Gasteiger partial charge in [0.2, 0.25) is 0 Å². The lowest BCUT2D eigenvalue weighted by Crippen LogP contribution is -2.27. The molecule has 0 aliphatic heterocycles. The highest BCUT2D eigenvalue weighted by Crippen LogP contribution is 2.25. The van der Waals surface area contributed by atoms with E-state index in [-0.39, 0.29) is 17.2 Å². The first-order chi connectivity index (χ1) is 8.73. The minimum atomic E-state index is -0.677. The Kier molecular flexibility index (Phi) is 4.53. The van der Waals surface area contributed by atoms with Crippen LogP contribution in [0, 0.1) is 0 Å². The second-order valence-corrected chi connectivity index (χ2v) is 5.14. The third-order valence-corrected chi connectivity index (χ3v) is 2.28. The summed E-state index contributed by atoms with van der Waals surface area (Å²) in [7, 11) is 0. The van der Waals surface area contributed by atoms with E-state index in [0.29, 0.717) is 12.0 Å². The summed E-state index contributed by atoms with van der Waals surface area (Å²) in [4.78, 5) is 23.2. The number of ether oxygens (including phenoxy) is 1. The predicted molar refractivity (Wildman–Crippen MR) is 72.6 cm³/mol. The Morgan fingerprint density at radius 3 is 2.47 bits per heavy atom. The average Bonchev–Trinajstić information content (AvgIpc) is 2.28. The molecule has 0 fully saturated rings. The zero-order valence-corrected chi connectivity index (χ0v) is 11.6. The standard InChI is InChI=1S/C14H19NO4/c1-5-11(16)9-6-7-12(17)10(8-9)15-13(18)19-14(2,3)4/h6-8,17H,5H2,1-4H3,(H,15,18). The van der Waals surface area contributed by atoms with Gasteiger partial charge in [-0.3, -0.25) is 10.1 Å². The number of anilines is 1. The highest BCUT2D eigenvalue weighted by molar-refractivity contribution is 5.98. The maximum absolute atomic E-state index is 11.6. The summed E-state index contributed by atoms with van der Waals surface area (Å²) in [6.07, 6.45) is -0.319. The second-order valence-electron chi connectivity index (χ2n) is 5.14. The molecule has 0 bridgehead atoms. The van der Waals surface area contributed by atoms with Gasteiger partial charge >= 0.3 is 6.09 Å². The average molecular weight is 265 g/mol. The van der Waals surface area contributed by atoms with Crippen molar-refractivity contribution in [3.05, 3.63) is 23.8 Å². The van der Waals surface area contributed by atoms with Gasteiger partial charge in [-0.15, -0.1) is 0 Å². The molecule has 0 saturated heterocycles. The molecule has 0 spiro atoms. The number of aromatic hydroxyl groups is 1. The van der Waals surface area contributed by atoms with Crippen molar-refractivity contribution in [2.75, 3.05) is 5.32 Å². The third-order valence-electron chi connectivity index (χ3n) is 2.28. The largest absolute Gasteiger partial charge is 0.506 e. The molecule has 1 rings (SSSR count). The lowest BCUT2D eigenvalue weighted by Gasteiger charge is -2.20. The number of phenolic OH excluding ortho intramolecular Hbond substituents is 1. The van der Waals surface area contributed by atoms with E-state index < -0.39 is 11.7 Å². The molecule has 104 valence electrons. The van der Waals surface area contributed by atoms with Gasteiger partial charge in [0.15, 0.2) is 5.78 Å². The zero-order valence-electron chi connectivity index (χ0n) is 11.6. The van der Waals surface area contributed by atoms with Crippen molar-refractivity contribution in [3.63, 3.8) is 0 Å². The van der Waals surface area contributed by atoms with E-state index in [9.17, 15) is 14.7 Å². The molecule has 0 unspecified atom stereocenters. The highest BCUT2D eigenvalue weighted by Gasteiger charge is 2.17. The molecule has 0 saturated carbocycles. The fraction of sp³-hybridized carbons (Fsp3) is 0.429. The molecule has 0 radical (unpaired) electrons. The molecular weight excluding hydrogens is 246 g/mol. The molecule has 0 atom stereocenters. The van der Waals surface area contributed by atoms with E-state index in [1.165, 1.54) is 18.2 Å². The van der Waals surface area contributed by atoms with Gasteiger partial charge in [-0.2, -0.15) is 0 Å². The molecule has 0 aromatic heterocycles. The molecule has 0 aliphatic rings. The summed E-state index contributed by atoms with van der Waals surface area (Å²) >= 11 is 0. The molecule has 0 heterocycles. The minimum absolute atomic E-state index is 0.0627. The van der Waals surface area contributed by atoms with Crippen LogP contribution in [0.25, 0.3) is 0 Å². The Labute approximate surface area is 112 Å². The Morgan fingerprint density at radius 1 is 1.32 bits per heavy atom. The van der Waals surface area contributed by atoms with E-state index >= 15 is 0 Å². The van der Waals surface area contributed by atoms with Gasteiger partial charge in [-0.05, 0) is 39.0 Å². The Balaban J connectivity index is 2.88. The Morgan fingerprint density at radius 2 is 1.95 bits per heavy atom. The van der Waals surface area contributed by atoms with Gasteiger partial charge in [-0.1, -0.05) is 6.92 Å². The maximum Gasteiger partial charge on any atom is 0.412 e. The lowest BCUT2D eigenvalue weighted by molar-refractivity contribution is 0.0635. The van der Waals surface area contributed by atoms with Crippen molar-refractivity contribution in [3.8, 4) is 5.75 Å². The fourth-order valence-electron chi connectivity index (χ4n) is 1.43. The van der Waals surface area contributed by atoms with Crippen molar-refractivity contribution in [1.82, 2.24) is 0 Å². The predicted octanol–water partition coefficient (Wildman–Crippen LogP) is 3.33. The number of carbonyl (C=O) groups excluding carboxylic acids is 2. The van der Waals surface area contributed by atoms with Crippen molar-refractivity contribution in [2.24, 2.45) is 0 Å². The zero-order chi connectivity index (χ0) is 14.6. The Hall–Kier alpha value is -2.04. The summed E-state index contributed by atoms with van der Waals surface area (Å²) < 4.78 is 5.08. The van der Waals surface area contributed by atoms with E-state index in [0.717, 1.165) is 0 Å². The van der Waals surface area contributed by atoms with E-state index in [2.05, 4.69) is 5.32 Å². The van der Waals surface area contributed by atoms with E-state index in [1.807, 2.05) is 0 Å². The van der Waals surface area contributed by atoms with Gasteiger partial charge in [0.25, 0.3) is 0 Å². The third kappa shape index (κ3) is 4.62. The number of hydrogen-bond acceptors (Lipinski definition) is 4. The quantitative estimate of drug-likeness (QED) is 0.649. The van der Waals surface area contributed by atoms with Crippen LogP contribution in [0.2, 0.25) is 0 Å². The molecule has 2 N–H and O–H groups in total. The van der Waals surface area contributed by atoms with Crippen LogP contribution in [0.5, 0.6) is 5.75 Å². The van der Waals surface area contributed by atoms with Crippen molar-refractivity contribution in [1.29, 1.82) is 0 Å². The minimum Gasteiger partial charge on any atom is -0.506 e. The summed E-state index contributed by atoms with van der Waals surface area (Å²) in [5, 5.41) is 12.1. The van der Waals surface area contributed by atoms with Crippen LogP contribution in [0.15, 0.2) is 18.2 Å². The van der Waals surface area contributed by atoms with Crippen LogP contribution in [0.1, 0.15) is 44.5 Å². The molecule has 1 aromatic carbocycles. The monoisotopic (exact) mass is 265 g/mol. The van der Waals surface area contributed by atoms with Crippen molar-refractivity contribution in [2.45, 2.75) is 39.7 Å². The highest BCUT2D eigenvalue weighted by atomic mass is 16.6. The topological polar surface area (TPSA) is 75.6 Å². The first kappa shape index (κ1) is 15.0. The van der Waals surface area contributed by atoms with Gasteiger partial charge in [0.05, 0.1) is 5.69 Å². The normalized spacial score (nSPS) is 10.9. The summed E-state index contributed by atoms with van der Waals surface area (Å²) in [5.41, 5.74) is -0.0313. The lowest BCUT2D eigenvalue weighted by atomic mass is 10.1. The summed E-state index contributed by atoms with van der Waals surface area (Å²) in [5.74, 6) is -0.175. The van der Waals surface area contributed by atoms with Crippen LogP contribution in [0.3, 0.4) is 0 Å².